The van der Waals surface area contributed by atoms with E-state index in [1.165, 1.54) is 10.9 Å². The SMILES string of the molecule is CCc1ncc(CN[C@H](C)c2cccc(F)c2)s1. The van der Waals surface area contributed by atoms with Crippen molar-refractivity contribution >= 4 is 11.3 Å². The lowest BCUT2D eigenvalue weighted by Crippen LogP contribution is -2.17. The second-order valence-corrected chi connectivity index (χ2v) is 5.43. The topological polar surface area (TPSA) is 24.9 Å². The van der Waals surface area contributed by atoms with E-state index in [9.17, 15) is 4.39 Å². The van der Waals surface area contributed by atoms with Gasteiger partial charge in [0.25, 0.3) is 0 Å². The Labute approximate surface area is 111 Å². The molecule has 96 valence electrons. The molecule has 0 spiro atoms. The van der Waals surface area contributed by atoms with Gasteiger partial charge in [-0.15, -0.1) is 11.3 Å². The fourth-order valence-electron chi connectivity index (χ4n) is 1.74. The molecule has 1 N–H and O–H groups in total. The van der Waals surface area contributed by atoms with Gasteiger partial charge in [0.15, 0.2) is 0 Å². The molecule has 0 fully saturated rings. The van der Waals surface area contributed by atoms with Gasteiger partial charge in [-0.1, -0.05) is 19.1 Å². The number of nitrogens with one attached hydrogen (secondary N) is 1. The summed E-state index contributed by atoms with van der Waals surface area (Å²) < 4.78 is 13.1. The molecule has 1 aromatic carbocycles. The van der Waals surface area contributed by atoms with Crippen LogP contribution in [0.25, 0.3) is 0 Å². The van der Waals surface area contributed by atoms with Crippen LogP contribution in [-0.4, -0.2) is 4.98 Å². The maximum Gasteiger partial charge on any atom is 0.123 e. The standard InChI is InChI=1S/C14H17FN2S/c1-3-14-17-9-13(18-14)8-16-10(2)11-5-4-6-12(15)7-11/h4-7,9-10,16H,3,8H2,1-2H3/t10-/m1/s1. The second kappa shape index (κ2) is 6.07. The Morgan fingerprint density at radius 2 is 2.28 bits per heavy atom. The van der Waals surface area contributed by atoms with Crippen molar-refractivity contribution in [3.63, 3.8) is 0 Å². The molecular formula is C14H17FN2S. The zero-order valence-electron chi connectivity index (χ0n) is 10.6. The van der Waals surface area contributed by atoms with Gasteiger partial charge in [-0.05, 0) is 31.0 Å². The van der Waals surface area contributed by atoms with Crippen LogP contribution in [0.5, 0.6) is 0 Å². The lowest BCUT2D eigenvalue weighted by Gasteiger charge is -2.13. The van der Waals surface area contributed by atoms with Gasteiger partial charge in [-0.25, -0.2) is 9.37 Å². The summed E-state index contributed by atoms with van der Waals surface area (Å²) in [5, 5.41) is 4.54. The third kappa shape index (κ3) is 3.37. The number of benzene rings is 1. The zero-order chi connectivity index (χ0) is 13.0. The molecule has 0 saturated carbocycles. The van der Waals surface area contributed by atoms with Crippen molar-refractivity contribution in [1.29, 1.82) is 0 Å². The fourth-order valence-corrected chi connectivity index (χ4v) is 2.55. The highest BCUT2D eigenvalue weighted by Crippen LogP contribution is 2.17. The normalized spacial score (nSPS) is 12.6. The highest BCUT2D eigenvalue weighted by molar-refractivity contribution is 7.11. The Morgan fingerprint density at radius 1 is 1.44 bits per heavy atom. The molecule has 1 atom stereocenters. The van der Waals surface area contributed by atoms with Gasteiger partial charge in [-0.3, -0.25) is 0 Å². The third-order valence-corrected chi connectivity index (χ3v) is 3.98. The van der Waals surface area contributed by atoms with E-state index in [-0.39, 0.29) is 11.9 Å². The molecule has 0 amide bonds. The summed E-state index contributed by atoms with van der Waals surface area (Å²) in [6.45, 7) is 4.91. The van der Waals surface area contributed by atoms with Crippen LogP contribution < -0.4 is 5.32 Å². The smallest absolute Gasteiger partial charge is 0.123 e. The minimum atomic E-state index is -0.188. The van der Waals surface area contributed by atoms with Crippen LogP contribution in [-0.2, 0) is 13.0 Å². The van der Waals surface area contributed by atoms with Crippen molar-refractivity contribution in [3.05, 3.63) is 51.7 Å². The summed E-state index contributed by atoms with van der Waals surface area (Å²) in [7, 11) is 0. The number of aromatic nitrogens is 1. The number of hydrogen-bond donors (Lipinski definition) is 1. The average molecular weight is 264 g/mol. The van der Waals surface area contributed by atoms with Gasteiger partial charge >= 0.3 is 0 Å². The molecule has 2 aromatic rings. The van der Waals surface area contributed by atoms with Gasteiger partial charge in [0, 0.05) is 23.7 Å². The minimum absolute atomic E-state index is 0.132. The Bertz CT molecular complexity index is 510. The first kappa shape index (κ1) is 13.2. The summed E-state index contributed by atoms with van der Waals surface area (Å²) in [4.78, 5) is 5.54. The number of thiazole rings is 1. The molecule has 18 heavy (non-hydrogen) atoms. The molecule has 4 heteroatoms. The Kier molecular flexibility index (Phi) is 4.44. The van der Waals surface area contributed by atoms with E-state index in [2.05, 4.69) is 17.2 Å². The van der Waals surface area contributed by atoms with E-state index in [4.69, 9.17) is 0 Å². The maximum absolute atomic E-state index is 13.1. The second-order valence-electron chi connectivity index (χ2n) is 4.23. The first-order valence-corrected chi connectivity index (χ1v) is 6.93. The van der Waals surface area contributed by atoms with Gasteiger partial charge < -0.3 is 5.32 Å². The summed E-state index contributed by atoms with van der Waals surface area (Å²) in [5.41, 5.74) is 0.968. The molecule has 2 rings (SSSR count). The lowest BCUT2D eigenvalue weighted by molar-refractivity contribution is 0.568. The summed E-state index contributed by atoms with van der Waals surface area (Å²) in [6, 6.07) is 6.84. The summed E-state index contributed by atoms with van der Waals surface area (Å²) in [6.07, 6.45) is 2.89. The van der Waals surface area contributed by atoms with Crippen molar-refractivity contribution in [3.8, 4) is 0 Å². The molecule has 0 bridgehead atoms. The molecule has 0 aliphatic rings. The number of nitrogens with zero attached hydrogens (tertiary/aromatic N) is 1. The number of hydrogen-bond acceptors (Lipinski definition) is 3. The Morgan fingerprint density at radius 3 is 2.94 bits per heavy atom. The predicted molar refractivity (Wildman–Crippen MR) is 73.1 cm³/mol. The van der Waals surface area contributed by atoms with E-state index < -0.39 is 0 Å². The van der Waals surface area contributed by atoms with Gasteiger partial charge in [0.05, 0.1) is 5.01 Å². The van der Waals surface area contributed by atoms with Crippen molar-refractivity contribution in [2.75, 3.05) is 0 Å². The highest BCUT2D eigenvalue weighted by Gasteiger charge is 2.07. The average Bonchev–Trinajstić information content (AvgIpc) is 2.84. The summed E-state index contributed by atoms with van der Waals surface area (Å²) in [5.74, 6) is -0.188. The largest absolute Gasteiger partial charge is 0.305 e. The Balaban J connectivity index is 1.93. The van der Waals surface area contributed by atoms with Crippen LogP contribution in [0.2, 0.25) is 0 Å². The first-order chi connectivity index (χ1) is 8.69. The predicted octanol–water partition coefficient (Wildman–Crippen LogP) is 3.70. The quantitative estimate of drug-likeness (QED) is 0.890. The van der Waals surface area contributed by atoms with Crippen LogP contribution in [0.1, 0.15) is 35.3 Å². The number of rotatable bonds is 5. The molecule has 0 saturated heterocycles. The molecule has 0 radical (unpaired) electrons. The molecular weight excluding hydrogens is 247 g/mol. The van der Waals surface area contributed by atoms with E-state index in [1.807, 2.05) is 19.2 Å². The fraction of sp³-hybridized carbons (Fsp3) is 0.357. The van der Waals surface area contributed by atoms with Gasteiger partial charge in [0.2, 0.25) is 0 Å². The number of halogens is 1. The molecule has 1 heterocycles. The van der Waals surface area contributed by atoms with Gasteiger partial charge in [-0.2, -0.15) is 0 Å². The molecule has 0 unspecified atom stereocenters. The highest BCUT2D eigenvalue weighted by atomic mass is 32.1. The van der Waals surface area contributed by atoms with E-state index in [0.717, 1.165) is 23.5 Å². The van der Waals surface area contributed by atoms with Crippen LogP contribution >= 0.6 is 11.3 Å². The van der Waals surface area contributed by atoms with Crippen molar-refractivity contribution < 1.29 is 4.39 Å². The minimum Gasteiger partial charge on any atom is -0.305 e. The molecule has 2 nitrogen and oxygen atoms in total. The van der Waals surface area contributed by atoms with Gasteiger partial charge in [0.1, 0.15) is 5.82 Å². The third-order valence-electron chi connectivity index (χ3n) is 2.84. The van der Waals surface area contributed by atoms with E-state index >= 15 is 0 Å². The monoisotopic (exact) mass is 264 g/mol. The van der Waals surface area contributed by atoms with Crippen LogP contribution in [0.4, 0.5) is 4.39 Å². The lowest BCUT2D eigenvalue weighted by atomic mass is 10.1. The Hall–Kier alpha value is -1.26. The van der Waals surface area contributed by atoms with Crippen molar-refractivity contribution in [1.82, 2.24) is 10.3 Å². The van der Waals surface area contributed by atoms with Crippen LogP contribution in [0.15, 0.2) is 30.5 Å². The van der Waals surface area contributed by atoms with E-state index in [0.29, 0.717) is 0 Å². The molecule has 0 aliphatic heterocycles. The molecule has 0 aliphatic carbocycles. The zero-order valence-corrected chi connectivity index (χ0v) is 11.4. The first-order valence-electron chi connectivity index (χ1n) is 6.11. The maximum atomic E-state index is 13.1. The molecule has 1 aromatic heterocycles. The number of aryl methyl sites for hydroxylation is 1. The van der Waals surface area contributed by atoms with Crippen LogP contribution in [0, 0.1) is 5.82 Å². The van der Waals surface area contributed by atoms with Crippen molar-refractivity contribution in [2.45, 2.75) is 32.9 Å². The summed E-state index contributed by atoms with van der Waals surface area (Å²) >= 11 is 1.73. The van der Waals surface area contributed by atoms with E-state index in [1.54, 1.807) is 23.5 Å². The van der Waals surface area contributed by atoms with Crippen LogP contribution in [0.3, 0.4) is 0 Å². The van der Waals surface area contributed by atoms with Crippen molar-refractivity contribution in [2.24, 2.45) is 0 Å².